The molecule has 2 aromatic heterocycles. The monoisotopic (exact) mass is 655 g/mol. The molecule has 1 saturated heterocycles. The van der Waals surface area contributed by atoms with Crippen LogP contribution >= 0.6 is 0 Å². The number of piperazine rings is 1. The number of fused-ring (bicyclic) bond motifs is 1. The third-order valence-electron chi connectivity index (χ3n) is 9.10. The summed E-state index contributed by atoms with van der Waals surface area (Å²) in [4.78, 5) is 22.1. The molecule has 1 aliphatic rings. The molecule has 1 unspecified atom stereocenters. The normalized spacial score (nSPS) is 14.2. The first-order valence-electron chi connectivity index (χ1n) is 16.0. The molecule has 1 amide bonds. The number of pyridine rings is 1. The van der Waals surface area contributed by atoms with Crippen molar-refractivity contribution in [2.75, 3.05) is 45.7 Å². The van der Waals surface area contributed by atoms with Crippen molar-refractivity contribution in [3.05, 3.63) is 95.7 Å². The van der Waals surface area contributed by atoms with Crippen LogP contribution in [-0.2, 0) is 6.54 Å². The van der Waals surface area contributed by atoms with E-state index in [1.54, 1.807) is 61.4 Å². The Morgan fingerprint density at radius 2 is 1.69 bits per heavy atom. The minimum absolute atomic E-state index is 0.0300. The number of hydrogen-bond acceptors (Lipinski definition) is 7. The summed E-state index contributed by atoms with van der Waals surface area (Å²) in [6.45, 7) is 7.64. The van der Waals surface area contributed by atoms with Crippen LogP contribution in [0.1, 0.15) is 36.2 Å². The van der Waals surface area contributed by atoms with Gasteiger partial charge in [0, 0.05) is 61.3 Å². The maximum atomic E-state index is 14.9. The molecule has 1 fully saturated rings. The van der Waals surface area contributed by atoms with E-state index in [4.69, 9.17) is 9.47 Å². The number of nitrogens with zero attached hydrogens (tertiary/aromatic N) is 4. The van der Waals surface area contributed by atoms with Gasteiger partial charge in [0.25, 0.3) is 5.91 Å². The average Bonchev–Trinajstić information content (AvgIpc) is 3.42. The Balaban J connectivity index is 1.33. The highest BCUT2D eigenvalue weighted by molar-refractivity contribution is 6.00. The highest BCUT2D eigenvalue weighted by atomic mass is 19.1. The SMILES string of the molecule is CCC(C)N1CCN(C(=O)c2ccc(Nc3cc(-c4c(F)cccc4F)nc4cn(Cc5ccc(OC)cc5OC)c(O)c34)cc2)CC1. The largest absolute Gasteiger partial charge is 0.497 e. The first kappa shape index (κ1) is 32.8. The van der Waals surface area contributed by atoms with Gasteiger partial charge in [-0.2, -0.15) is 0 Å². The third kappa shape index (κ3) is 6.50. The van der Waals surface area contributed by atoms with Crippen molar-refractivity contribution in [1.82, 2.24) is 19.4 Å². The summed E-state index contributed by atoms with van der Waals surface area (Å²) >= 11 is 0. The second-order valence-corrected chi connectivity index (χ2v) is 12.0. The van der Waals surface area contributed by atoms with Gasteiger partial charge in [-0.05, 0) is 67.9 Å². The van der Waals surface area contributed by atoms with E-state index in [1.807, 2.05) is 11.0 Å². The Kier molecular flexibility index (Phi) is 9.49. The highest BCUT2D eigenvalue weighted by Gasteiger charge is 2.25. The summed E-state index contributed by atoms with van der Waals surface area (Å²) in [6, 6.07) is 18.1. The summed E-state index contributed by atoms with van der Waals surface area (Å²) in [6.07, 6.45) is 2.70. The van der Waals surface area contributed by atoms with E-state index in [0.29, 0.717) is 58.5 Å². The number of anilines is 2. The summed E-state index contributed by atoms with van der Waals surface area (Å²) in [5.74, 6) is -0.447. The van der Waals surface area contributed by atoms with Crippen LogP contribution in [0.5, 0.6) is 17.4 Å². The van der Waals surface area contributed by atoms with Gasteiger partial charge in [0.2, 0.25) is 5.88 Å². The van der Waals surface area contributed by atoms with Crippen molar-refractivity contribution < 1.29 is 28.2 Å². The standard InChI is InChI=1S/C37H39F2N5O4/c1-5-23(2)42-15-17-43(18-16-42)36(45)24-9-12-26(13-10-24)40-31-20-30(34-28(38)7-6-8-29(34)39)41-32-22-44(37(46)35(31)32)21-25-11-14-27(47-3)19-33(25)48-4/h6-14,19-20,22-23,40,46H,5,15-18,21H2,1-4H3. The first-order valence-corrected chi connectivity index (χ1v) is 16.0. The number of halogens is 2. The van der Waals surface area contributed by atoms with Crippen molar-refractivity contribution in [3.63, 3.8) is 0 Å². The van der Waals surface area contributed by atoms with Gasteiger partial charge in [-0.1, -0.05) is 13.0 Å². The Morgan fingerprint density at radius 3 is 2.33 bits per heavy atom. The van der Waals surface area contributed by atoms with Gasteiger partial charge in [-0.25, -0.2) is 13.8 Å². The molecule has 3 heterocycles. The number of aromatic nitrogens is 2. The first-order chi connectivity index (χ1) is 23.2. The molecule has 0 aliphatic carbocycles. The molecule has 0 saturated carbocycles. The van der Waals surface area contributed by atoms with E-state index in [-0.39, 0.29) is 29.6 Å². The number of amides is 1. The number of rotatable bonds is 10. The minimum Gasteiger partial charge on any atom is -0.497 e. The lowest BCUT2D eigenvalue weighted by Crippen LogP contribution is -2.51. The summed E-state index contributed by atoms with van der Waals surface area (Å²) in [5, 5.41) is 15.1. The summed E-state index contributed by atoms with van der Waals surface area (Å²) < 4.78 is 42.3. The Hall–Kier alpha value is -5.16. The Bertz CT molecular complexity index is 1920. The van der Waals surface area contributed by atoms with Crippen LogP contribution in [0, 0.1) is 11.6 Å². The van der Waals surface area contributed by atoms with Gasteiger partial charge in [0.05, 0.1) is 48.6 Å². The summed E-state index contributed by atoms with van der Waals surface area (Å²) in [7, 11) is 3.12. The van der Waals surface area contributed by atoms with Crippen LogP contribution < -0.4 is 14.8 Å². The number of benzene rings is 3. The van der Waals surface area contributed by atoms with E-state index in [1.165, 1.54) is 24.3 Å². The smallest absolute Gasteiger partial charge is 0.253 e. The molecule has 48 heavy (non-hydrogen) atoms. The van der Waals surface area contributed by atoms with Crippen molar-refractivity contribution in [3.8, 4) is 28.6 Å². The maximum Gasteiger partial charge on any atom is 0.253 e. The summed E-state index contributed by atoms with van der Waals surface area (Å²) in [5.41, 5.74) is 2.44. The number of carbonyl (C=O) groups is 1. The fourth-order valence-corrected chi connectivity index (χ4v) is 6.16. The third-order valence-corrected chi connectivity index (χ3v) is 9.10. The topological polar surface area (TPSA) is 92.1 Å². The van der Waals surface area contributed by atoms with E-state index in [9.17, 15) is 18.7 Å². The van der Waals surface area contributed by atoms with Gasteiger partial charge >= 0.3 is 0 Å². The number of hydrogen-bond donors (Lipinski definition) is 2. The lowest BCUT2D eigenvalue weighted by Gasteiger charge is -2.37. The van der Waals surface area contributed by atoms with E-state index < -0.39 is 11.6 Å². The van der Waals surface area contributed by atoms with Gasteiger partial charge < -0.3 is 29.4 Å². The predicted molar refractivity (Wildman–Crippen MR) is 182 cm³/mol. The van der Waals surface area contributed by atoms with Crippen molar-refractivity contribution in [2.45, 2.75) is 32.9 Å². The molecule has 1 aliphatic heterocycles. The second kappa shape index (κ2) is 13.9. The number of carbonyl (C=O) groups excluding carboxylic acids is 1. The van der Waals surface area contributed by atoms with Crippen molar-refractivity contribution in [2.24, 2.45) is 0 Å². The molecule has 9 nitrogen and oxygen atoms in total. The molecule has 0 spiro atoms. The van der Waals surface area contributed by atoms with E-state index >= 15 is 0 Å². The van der Waals surface area contributed by atoms with Crippen LogP contribution in [0.4, 0.5) is 20.2 Å². The van der Waals surface area contributed by atoms with Crippen molar-refractivity contribution >= 4 is 28.2 Å². The fourth-order valence-electron chi connectivity index (χ4n) is 6.16. The number of aromatic hydroxyl groups is 1. The zero-order valence-corrected chi connectivity index (χ0v) is 27.5. The van der Waals surface area contributed by atoms with Crippen LogP contribution in [0.15, 0.2) is 72.9 Å². The Morgan fingerprint density at radius 1 is 0.979 bits per heavy atom. The maximum absolute atomic E-state index is 14.9. The molecule has 250 valence electrons. The molecule has 2 N–H and O–H groups in total. The molecule has 0 bridgehead atoms. The van der Waals surface area contributed by atoms with Gasteiger partial charge in [-0.15, -0.1) is 0 Å². The molecule has 3 aromatic carbocycles. The zero-order chi connectivity index (χ0) is 33.9. The molecule has 5 aromatic rings. The second-order valence-electron chi connectivity index (χ2n) is 12.0. The highest BCUT2D eigenvalue weighted by Crippen LogP contribution is 2.39. The van der Waals surface area contributed by atoms with Crippen LogP contribution in [0.2, 0.25) is 0 Å². The fraction of sp³-hybridized carbons (Fsp3) is 0.297. The van der Waals surface area contributed by atoms with Gasteiger partial charge in [-0.3, -0.25) is 9.69 Å². The molecule has 0 radical (unpaired) electrons. The average molecular weight is 656 g/mol. The minimum atomic E-state index is -0.757. The van der Waals surface area contributed by atoms with Crippen LogP contribution in [-0.4, -0.2) is 76.8 Å². The van der Waals surface area contributed by atoms with Gasteiger partial charge in [0.15, 0.2) is 0 Å². The molecule has 6 rings (SSSR count). The van der Waals surface area contributed by atoms with Crippen LogP contribution in [0.3, 0.4) is 0 Å². The van der Waals surface area contributed by atoms with E-state index in [0.717, 1.165) is 25.1 Å². The van der Waals surface area contributed by atoms with Crippen LogP contribution in [0.25, 0.3) is 22.2 Å². The predicted octanol–water partition coefficient (Wildman–Crippen LogP) is 7.05. The van der Waals surface area contributed by atoms with Crippen molar-refractivity contribution in [1.29, 1.82) is 0 Å². The lowest BCUT2D eigenvalue weighted by molar-refractivity contribution is 0.0579. The lowest BCUT2D eigenvalue weighted by atomic mass is 10.1. The number of nitrogens with one attached hydrogen (secondary N) is 1. The Labute approximate surface area is 278 Å². The molecule has 11 heteroatoms. The van der Waals surface area contributed by atoms with Gasteiger partial charge in [0.1, 0.15) is 23.1 Å². The quantitative estimate of drug-likeness (QED) is 0.167. The molecular formula is C37H39F2N5O4. The molecular weight excluding hydrogens is 616 g/mol. The number of methoxy groups -OCH3 is 2. The molecule has 1 atom stereocenters. The zero-order valence-electron chi connectivity index (χ0n) is 27.5. The van der Waals surface area contributed by atoms with E-state index in [2.05, 4.69) is 29.0 Å². The number of ether oxygens (including phenoxy) is 2.